The largest absolute Gasteiger partial charge is 0.472 e. The van der Waals surface area contributed by atoms with Gasteiger partial charge in [0.15, 0.2) is 0 Å². The van der Waals surface area contributed by atoms with E-state index in [1.807, 2.05) is 0 Å². The molecule has 2 aromatic heterocycles. The second-order valence-electron chi connectivity index (χ2n) is 5.81. The first-order valence-corrected chi connectivity index (χ1v) is 6.87. The highest BCUT2D eigenvalue weighted by Gasteiger charge is 2.31. The van der Waals surface area contributed by atoms with E-state index in [4.69, 9.17) is 8.94 Å². The smallest absolute Gasteiger partial charge is 0.241 e. The standard InChI is InChI=1S/C14H19N3O3/c1-14(10-18)4-2-5-17(9-14)7-12-15-13(16-20-12)11-3-6-19-8-11/h3,6,8,18H,2,4-5,7,9-10H2,1H3. The van der Waals surface area contributed by atoms with Gasteiger partial charge in [-0.2, -0.15) is 4.98 Å². The Morgan fingerprint density at radius 2 is 2.40 bits per heavy atom. The molecule has 0 bridgehead atoms. The third kappa shape index (κ3) is 2.76. The molecular weight excluding hydrogens is 258 g/mol. The molecule has 1 aliphatic heterocycles. The van der Waals surface area contributed by atoms with Crippen LogP contribution in [0.2, 0.25) is 0 Å². The van der Waals surface area contributed by atoms with Crippen molar-refractivity contribution in [3.63, 3.8) is 0 Å². The fraction of sp³-hybridized carbons (Fsp3) is 0.571. The molecule has 3 rings (SSSR count). The zero-order valence-electron chi connectivity index (χ0n) is 11.6. The van der Waals surface area contributed by atoms with Crippen molar-refractivity contribution in [1.82, 2.24) is 15.0 Å². The number of aromatic nitrogens is 2. The van der Waals surface area contributed by atoms with Crippen molar-refractivity contribution in [2.24, 2.45) is 5.41 Å². The molecule has 6 nitrogen and oxygen atoms in total. The molecule has 1 aliphatic rings. The summed E-state index contributed by atoms with van der Waals surface area (Å²) in [5, 5.41) is 13.4. The van der Waals surface area contributed by atoms with Gasteiger partial charge in [0.05, 0.1) is 18.4 Å². The summed E-state index contributed by atoms with van der Waals surface area (Å²) in [5.41, 5.74) is 0.796. The van der Waals surface area contributed by atoms with Gasteiger partial charge in [-0.25, -0.2) is 0 Å². The first-order chi connectivity index (χ1) is 9.68. The highest BCUT2D eigenvalue weighted by Crippen LogP contribution is 2.29. The number of hydrogen-bond donors (Lipinski definition) is 1. The number of rotatable bonds is 4. The van der Waals surface area contributed by atoms with Gasteiger partial charge in [0.1, 0.15) is 6.26 Å². The van der Waals surface area contributed by atoms with Gasteiger partial charge in [-0.3, -0.25) is 4.90 Å². The SMILES string of the molecule is CC1(CO)CCCN(Cc2nc(-c3ccoc3)no2)C1. The fourth-order valence-electron chi connectivity index (χ4n) is 2.71. The molecule has 2 aromatic rings. The van der Waals surface area contributed by atoms with Gasteiger partial charge in [0.2, 0.25) is 11.7 Å². The van der Waals surface area contributed by atoms with Gasteiger partial charge in [-0.15, -0.1) is 0 Å². The molecule has 1 unspecified atom stereocenters. The summed E-state index contributed by atoms with van der Waals surface area (Å²) in [6.45, 7) is 4.81. The maximum Gasteiger partial charge on any atom is 0.241 e. The van der Waals surface area contributed by atoms with Gasteiger partial charge in [-0.1, -0.05) is 12.1 Å². The lowest BCUT2D eigenvalue weighted by Crippen LogP contribution is -2.43. The lowest BCUT2D eigenvalue weighted by molar-refractivity contribution is 0.0382. The molecule has 0 radical (unpaired) electrons. The Labute approximate surface area is 117 Å². The van der Waals surface area contributed by atoms with Crippen molar-refractivity contribution in [1.29, 1.82) is 0 Å². The average molecular weight is 277 g/mol. The zero-order valence-corrected chi connectivity index (χ0v) is 11.6. The van der Waals surface area contributed by atoms with E-state index >= 15 is 0 Å². The third-order valence-electron chi connectivity index (χ3n) is 3.85. The minimum Gasteiger partial charge on any atom is -0.472 e. The molecule has 3 heterocycles. The van der Waals surface area contributed by atoms with Crippen LogP contribution in [0.25, 0.3) is 11.4 Å². The summed E-state index contributed by atoms with van der Waals surface area (Å²) in [5.74, 6) is 1.15. The Kier molecular flexibility index (Phi) is 3.58. The van der Waals surface area contributed by atoms with Crippen LogP contribution in [0.4, 0.5) is 0 Å². The van der Waals surface area contributed by atoms with Crippen molar-refractivity contribution in [2.75, 3.05) is 19.7 Å². The second-order valence-corrected chi connectivity index (χ2v) is 5.81. The minimum atomic E-state index is -0.0222. The molecule has 1 N–H and O–H groups in total. The summed E-state index contributed by atoms with van der Waals surface area (Å²) in [6.07, 6.45) is 5.32. The second kappa shape index (κ2) is 5.38. The van der Waals surface area contributed by atoms with Crippen LogP contribution in [-0.2, 0) is 6.54 Å². The van der Waals surface area contributed by atoms with Gasteiger partial charge in [0, 0.05) is 18.6 Å². The molecule has 6 heteroatoms. The number of aliphatic hydroxyl groups excluding tert-OH is 1. The number of aliphatic hydroxyl groups is 1. The molecule has 0 amide bonds. The predicted molar refractivity (Wildman–Crippen MR) is 71.7 cm³/mol. The Balaban J connectivity index is 1.66. The topological polar surface area (TPSA) is 75.5 Å². The van der Waals surface area contributed by atoms with E-state index in [0.29, 0.717) is 18.3 Å². The summed E-state index contributed by atoms with van der Waals surface area (Å²) in [7, 11) is 0. The summed E-state index contributed by atoms with van der Waals surface area (Å²) in [4.78, 5) is 6.63. The molecule has 0 saturated carbocycles. The maximum atomic E-state index is 9.47. The summed E-state index contributed by atoms with van der Waals surface area (Å²) < 4.78 is 10.3. The van der Waals surface area contributed by atoms with Crippen molar-refractivity contribution in [2.45, 2.75) is 26.3 Å². The highest BCUT2D eigenvalue weighted by atomic mass is 16.5. The number of piperidine rings is 1. The van der Waals surface area contributed by atoms with Crippen molar-refractivity contribution < 1.29 is 14.0 Å². The van der Waals surface area contributed by atoms with Crippen LogP contribution in [0.15, 0.2) is 27.5 Å². The first-order valence-electron chi connectivity index (χ1n) is 6.87. The van der Waals surface area contributed by atoms with Gasteiger partial charge in [0.25, 0.3) is 0 Å². The normalized spacial score (nSPS) is 24.1. The number of furan rings is 1. The number of likely N-dealkylation sites (tertiary alicyclic amines) is 1. The Morgan fingerprint density at radius 1 is 1.50 bits per heavy atom. The number of hydrogen-bond acceptors (Lipinski definition) is 6. The van der Waals surface area contributed by atoms with Crippen LogP contribution in [0.1, 0.15) is 25.7 Å². The van der Waals surface area contributed by atoms with E-state index in [-0.39, 0.29) is 12.0 Å². The van der Waals surface area contributed by atoms with Crippen LogP contribution in [-0.4, -0.2) is 39.8 Å². The molecule has 1 atom stereocenters. The molecule has 0 spiro atoms. The Hall–Kier alpha value is -1.66. The Bertz CT molecular complexity index is 552. The predicted octanol–water partition coefficient (Wildman–Crippen LogP) is 1.92. The molecule has 108 valence electrons. The molecular formula is C14H19N3O3. The fourth-order valence-corrected chi connectivity index (χ4v) is 2.71. The molecule has 1 saturated heterocycles. The van der Waals surface area contributed by atoms with E-state index in [1.165, 1.54) is 0 Å². The first kappa shape index (κ1) is 13.3. The Morgan fingerprint density at radius 3 is 3.15 bits per heavy atom. The summed E-state index contributed by atoms with van der Waals surface area (Å²) >= 11 is 0. The van der Waals surface area contributed by atoms with Crippen LogP contribution in [0, 0.1) is 5.41 Å². The minimum absolute atomic E-state index is 0.0222. The van der Waals surface area contributed by atoms with Crippen LogP contribution < -0.4 is 0 Å². The van der Waals surface area contributed by atoms with Crippen LogP contribution in [0.5, 0.6) is 0 Å². The van der Waals surface area contributed by atoms with E-state index in [0.717, 1.165) is 31.5 Å². The molecule has 0 aliphatic carbocycles. The summed E-state index contributed by atoms with van der Waals surface area (Å²) in [6, 6.07) is 1.80. The average Bonchev–Trinajstić information content (AvgIpc) is 3.09. The molecule has 0 aromatic carbocycles. The van der Waals surface area contributed by atoms with Gasteiger partial charge >= 0.3 is 0 Å². The lowest BCUT2D eigenvalue weighted by Gasteiger charge is -2.38. The maximum absolute atomic E-state index is 9.47. The van der Waals surface area contributed by atoms with Crippen LogP contribution >= 0.6 is 0 Å². The molecule has 20 heavy (non-hydrogen) atoms. The third-order valence-corrected chi connectivity index (χ3v) is 3.85. The van der Waals surface area contributed by atoms with E-state index in [1.54, 1.807) is 18.6 Å². The highest BCUT2D eigenvalue weighted by molar-refractivity contribution is 5.51. The van der Waals surface area contributed by atoms with Crippen LogP contribution in [0.3, 0.4) is 0 Å². The van der Waals surface area contributed by atoms with Crippen molar-refractivity contribution in [3.8, 4) is 11.4 Å². The molecule has 1 fully saturated rings. The number of nitrogens with zero attached hydrogens (tertiary/aromatic N) is 3. The van der Waals surface area contributed by atoms with Gasteiger partial charge in [-0.05, 0) is 25.5 Å². The van der Waals surface area contributed by atoms with Gasteiger partial charge < -0.3 is 14.0 Å². The zero-order chi connectivity index (χ0) is 14.0. The van der Waals surface area contributed by atoms with E-state index in [9.17, 15) is 5.11 Å². The van der Waals surface area contributed by atoms with Crippen molar-refractivity contribution >= 4 is 0 Å². The van der Waals surface area contributed by atoms with Crippen molar-refractivity contribution in [3.05, 3.63) is 24.5 Å². The monoisotopic (exact) mass is 277 g/mol. The van der Waals surface area contributed by atoms with E-state index < -0.39 is 0 Å². The van der Waals surface area contributed by atoms with E-state index in [2.05, 4.69) is 22.0 Å². The lowest BCUT2D eigenvalue weighted by atomic mass is 9.83. The quantitative estimate of drug-likeness (QED) is 0.920.